The third-order valence-electron chi connectivity index (χ3n) is 5.38. The second-order valence-electron chi connectivity index (χ2n) is 7.47. The molecule has 32 heavy (non-hydrogen) atoms. The van der Waals surface area contributed by atoms with Crippen LogP contribution in [0.4, 0.5) is 10.5 Å². The van der Waals surface area contributed by atoms with Gasteiger partial charge in [-0.05, 0) is 59.3 Å². The van der Waals surface area contributed by atoms with Gasteiger partial charge in [-0.25, -0.2) is 13.2 Å². The van der Waals surface area contributed by atoms with Crippen LogP contribution >= 0.6 is 11.6 Å². The van der Waals surface area contributed by atoms with Gasteiger partial charge in [0.1, 0.15) is 5.84 Å². The van der Waals surface area contributed by atoms with E-state index in [-0.39, 0.29) is 42.9 Å². The molecule has 0 spiro atoms. The van der Waals surface area contributed by atoms with Crippen LogP contribution in [-0.2, 0) is 10.0 Å². The monoisotopic (exact) mass is 471 g/mol. The van der Waals surface area contributed by atoms with E-state index in [1.165, 1.54) is 4.31 Å². The summed E-state index contributed by atoms with van der Waals surface area (Å²) >= 11 is 6.00. The molecule has 3 aromatic rings. The van der Waals surface area contributed by atoms with Crippen molar-refractivity contribution in [2.75, 3.05) is 31.5 Å². The van der Waals surface area contributed by atoms with Crippen molar-refractivity contribution >= 4 is 50.0 Å². The largest absolute Gasteiger partial charge is 0.384 e. The number of nitrogen functional groups attached to an aromatic ring is 1. The van der Waals surface area contributed by atoms with Crippen LogP contribution in [0.1, 0.15) is 5.56 Å². The third kappa shape index (κ3) is 4.55. The quantitative estimate of drug-likeness (QED) is 0.399. The highest BCUT2D eigenvalue weighted by Crippen LogP contribution is 2.25. The number of halogens is 1. The Hall–Kier alpha value is -3.14. The van der Waals surface area contributed by atoms with Crippen LogP contribution in [-0.4, -0.2) is 55.7 Å². The molecule has 1 fully saturated rings. The number of hydrogen-bond acceptors (Lipinski definition) is 4. The van der Waals surface area contributed by atoms with Gasteiger partial charge in [0.2, 0.25) is 10.0 Å². The molecule has 0 aliphatic carbocycles. The molecule has 3 aromatic carbocycles. The van der Waals surface area contributed by atoms with Gasteiger partial charge in [-0.1, -0.05) is 23.7 Å². The molecule has 2 amide bonds. The fourth-order valence-corrected chi connectivity index (χ4v) is 5.21. The molecule has 8 nitrogen and oxygen atoms in total. The van der Waals surface area contributed by atoms with Crippen molar-refractivity contribution in [3.63, 3.8) is 0 Å². The summed E-state index contributed by atoms with van der Waals surface area (Å²) in [6.45, 7) is 0.967. The minimum absolute atomic E-state index is 0.0459. The average Bonchev–Trinajstić information content (AvgIpc) is 2.79. The first-order valence-electron chi connectivity index (χ1n) is 9.94. The summed E-state index contributed by atoms with van der Waals surface area (Å²) in [5.41, 5.74) is 6.58. The Morgan fingerprint density at radius 2 is 1.56 bits per heavy atom. The Morgan fingerprint density at radius 1 is 0.938 bits per heavy atom. The number of sulfonamides is 1. The predicted molar refractivity (Wildman–Crippen MR) is 126 cm³/mol. The molecule has 4 rings (SSSR count). The van der Waals surface area contributed by atoms with E-state index in [1.54, 1.807) is 65.6 Å². The summed E-state index contributed by atoms with van der Waals surface area (Å²) in [7, 11) is -3.67. The lowest BCUT2D eigenvalue weighted by molar-refractivity contribution is 0.184. The van der Waals surface area contributed by atoms with Crippen molar-refractivity contribution in [2.45, 2.75) is 4.90 Å². The van der Waals surface area contributed by atoms with Crippen LogP contribution < -0.4 is 11.1 Å². The fraction of sp³-hybridized carbons (Fsp3) is 0.182. The lowest BCUT2D eigenvalue weighted by atomic mass is 10.1. The zero-order valence-electron chi connectivity index (χ0n) is 17.1. The van der Waals surface area contributed by atoms with Gasteiger partial charge in [0, 0.05) is 42.5 Å². The third-order valence-corrected chi connectivity index (χ3v) is 7.51. The van der Waals surface area contributed by atoms with Crippen LogP contribution in [0, 0.1) is 5.41 Å². The molecule has 4 N–H and O–H groups in total. The lowest BCUT2D eigenvalue weighted by Crippen LogP contribution is -2.51. The molecule has 0 unspecified atom stereocenters. The molecule has 1 aliphatic rings. The number of anilines is 1. The minimum atomic E-state index is -3.67. The molecular weight excluding hydrogens is 450 g/mol. The second-order valence-corrected chi connectivity index (χ2v) is 9.84. The van der Waals surface area contributed by atoms with Crippen molar-refractivity contribution < 1.29 is 13.2 Å². The molecule has 0 aromatic heterocycles. The molecule has 0 atom stereocenters. The van der Waals surface area contributed by atoms with E-state index in [0.29, 0.717) is 16.3 Å². The maximum absolute atomic E-state index is 13.1. The first-order chi connectivity index (χ1) is 15.2. The van der Waals surface area contributed by atoms with Gasteiger partial charge < -0.3 is 16.0 Å². The van der Waals surface area contributed by atoms with Gasteiger partial charge in [0.25, 0.3) is 0 Å². The summed E-state index contributed by atoms with van der Waals surface area (Å²) in [5.74, 6) is -0.0459. The number of piperazine rings is 1. The highest BCUT2D eigenvalue weighted by molar-refractivity contribution is 7.89. The van der Waals surface area contributed by atoms with E-state index in [4.69, 9.17) is 22.7 Å². The van der Waals surface area contributed by atoms with Gasteiger partial charge in [-0.2, -0.15) is 4.31 Å². The smallest absolute Gasteiger partial charge is 0.321 e. The minimum Gasteiger partial charge on any atom is -0.384 e. The van der Waals surface area contributed by atoms with E-state index >= 15 is 0 Å². The second kappa shape index (κ2) is 8.78. The van der Waals surface area contributed by atoms with Gasteiger partial charge in [-0.15, -0.1) is 0 Å². The number of carbonyl (C=O) groups excluding carboxylic acids is 1. The molecule has 0 bridgehead atoms. The summed E-state index contributed by atoms with van der Waals surface area (Å²) in [5, 5.41) is 12.5. The Bertz CT molecular complexity index is 1290. The fourth-order valence-electron chi connectivity index (χ4n) is 3.57. The number of carbonyl (C=O) groups is 1. The number of nitrogens with two attached hydrogens (primary N) is 1. The number of nitrogens with one attached hydrogen (secondary N) is 2. The predicted octanol–water partition coefficient (Wildman–Crippen LogP) is 3.32. The number of fused-ring (bicyclic) bond motifs is 1. The maximum Gasteiger partial charge on any atom is 0.321 e. The van der Waals surface area contributed by atoms with Crippen LogP contribution in [0.25, 0.3) is 10.8 Å². The number of hydrogen-bond donors (Lipinski definition) is 3. The molecule has 10 heteroatoms. The molecule has 1 saturated heterocycles. The Balaban J connectivity index is 1.40. The van der Waals surface area contributed by atoms with Crippen LogP contribution in [0.15, 0.2) is 65.6 Å². The number of amidine groups is 1. The van der Waals surface area contributed by atoms with Crippen LogP contribution in [0.3, 0.4) is 0 Å². The van der Waals surface area contributed by atoms with Crippen molar-refractivity contribution in [3.8, 4) is 0 Å². The number of urea groups is 1. The number of benzene rings is 3. The summed E-state index contributed by atoms with van der Waals surface area (Å²) < 4.78 is 27.6. The molecule has 1 aliphatic heterocycles. The number of rotatable bonds is 4. The Kier molecular flexibility index (Phi) is 6.05. The standard InChI is InChI=1S/C22H22ClN5O3S/c23-18-5-1-17-14-20(8-4-16(17)13-18)32(30,31)28-11-9-27(10-12-28)22(29)26-19-6-2-15(3-7-19)21(24)25/h1-8,13-14H,9-12H2,(H3,24,25)(H,26,29). The average molecular weight is 472 g/mol. The van der Waals surface area contributed by atoms with Crippen molar-refractivity contribution in [1.29, 1.82) is 5.41 Å². The highest BCUT2D eigenvalue weighted by atomic mass is 35.5. The molecule has 0 radical (unpaired) electrons. The lowest BCUT2D eigenvalue weighted by Gasteiger charge is -2.34. The van der Waals surface area contributed by atoms with Crippen LogP contribution in [0.2, 0.25) is 5.02 Å². The molecular formula is C22H22ClN5O3S. The van der Waals surface area contributed by atoms with E-state index in [0.717, 1.165) is 10.8 Å². The highest BCUT2D eigenvalue weighted by Gasteiger charge is 2.30. The molecule has 166 valence electrons. The van der Waals surface area contributed by atoms with Gasteiger partial charge in [-0.3, -0.25) is 5.41 Å². The summed E-state index contributed by atoms with van der Waals surface area (Å²) in [4.78, 5) is 14.4. The Morgan fingerprint density at radius 3 is 2.22 bits per heavy atom. The Labute approximate surface area is 191 Å². The van der Waals surface area contributed by atoms with Crippen LogP contribution in [0.5, 0.6) is 0 Å². The van der Waals surface area contributed by atoms with E-state index < -0.39 is 10.0 Å². The van der Waals surface area contributed by atoms with Gasteiger partial charge >= 0.3 is 6.03 Å². The van der Waals surface area contributed by atoms with Crippen molar-refractivity contribution in [2.24, 2.45) is 5.73 Å². The van der Waals surface area contributed by atoms with E-state index in [9.17, 15) is 13.2 Å². The van der Waals surface area contributed by atoms with Gasteiger partial charge in [0.05, 0.1) is 4.90 Å². The topological polar surface area (TPSA) is 120 Å². The number of amides is 2. The van der Waals surface area contributed by atoms with E-state index in [1.807, 2.05) is 0 Å². The normalized spacial score (nSPS) is 15.0. The maximum atomic E-state index is 13.1. The van der Waals surface area contributed by atoms with E-state index in [2.05, 4.69) is 5.32 Å². The SMILES string of the molecule is N=C(N)c1ccc(NC(=O)N2CCN(S(=O)(=O)c3ccc4cc(Cl)ccc4c3)CC2)cc1. The number of nitrogens with zero attached hydrogens (tertiary/aromatic N) is 2. The first-order valence-corrected chi connectivity index (χ1v) is 11.8. The molecule has 0 saturated carbocycles. The first kappa shape index (κ1) is 22.1. The zero-order valence-corrected chi connectivity index (χ0v) is 18.7. The zero-order chi connectivity index (χ0) is 22.9. The summed E-state index contributed by atoms with van der Waals surface area (Å²) in [6.07, 6.45) is 0. The van der Waals surface area contributed by atoms with Crippen molar-refractivity contribution in [3.05, 3.63) is 71.2 Å². The summed E-state index contributed by atoms with van der Waals surface area (Å²) in [6, 6.07) is 16.6. The molecule has 1 heterocycles. The van der Waals surface area contributed by atoms with Crippen molar-refractivity contribution in [1.82, 2.24) is 9.21 Å². The van der Waals surface area contributed by atoms with Gasteiger partial charge in [0.15, 0.2) is 0 Å².